The first-order valence-electron chi connectivity index (χ1n) is 5.56. The smallest absolute Gasteiger partial charge is 0.417 e. The molecule has 0 unspecified atom stereocenters. The number of alkyl halides is 3. The molecule has 0 heterocycles. The Morgan fingerprint density at radius 1 is 1.25 bits per heavy atom. The molecule has 0 bridgehead atoms. The Hall–Kier alpha value is -1.70. The van der Waals surface area contributed by atoms with Gasteiger partial charge < -0.3 is 10.4 Å². The molecule has 20 heavy (non-hydrogen) atoms. The highest BCUT2D eigenvalue weighted by Crippen LogP contribution is 2.31. The lowest BCUT2D eigenvalue weighted by molar-refractivity contribution is -0.138. The molecule has 1 rings (SSSR count). The summed E-state index contributed by atoms with van der Waals surface area (Å²) in [6.07, 6.45) is -4.59. The predicted molar refractivity (Wildman–Crippen MR) is 68.7 cm³/mol. The summed E-state index contributed by atoms with van der Waals surface area (Å²) in [7, 11) is 0. The zero-order valence-electron chi connectivity index (χ0n) is 10.2. The van der Waals surface area contributed by atoms with E-state index in [0.29, 0.717) is 5.75 Å². The minimum Gasteiger partial charge on any atom is -0.481 e. The Kier molecular flexibility index (Phi) is 5.87. The lowest BCUT2D eigenvalue weighted by atomic mass is 10.1. The minimum atomic E-state index is -4.59. The zero-order chi connectivity index (χ0) is 15.2. The second-order valence-electron chi connectivity index (χ2n) is 3.75. The first-order valence-corrected chi connectivity index (χ1v) is 6.72. The average molecular weight is 307 g/mol. The van der Waals surface area contributed by atoms with Gasteiger partial charge in [0.2, 0.25) is 0 Å². The van der Waals surface area contributed by atoms with Crippen molar-refractivity contribution in [1.29, 1.82) is 0 Å². The molecule has 1 aromatic rings. The van der Waals surface area contributed by atoms with E-state index in [9.17, 15) is 22.8 Å². The number of carbonyl (C=O) groups is 2. The number of amides is 1. The maximum absolute atomic E-state index is 12.7. The molecule has 1 amide bonds. The summed E-state index contributed by atoms with van der Waals surface area (Å²) in [6, 6.07) is 4.50. The molecule has 0 spiro atoms. The molecular weight excluding hydrogens is 295 g/mol. The average Bonchev–Trinajstić information content (AvgIpc) is 2.36. The van der Waals surface area contributed by atoms with E-state index in [1.807, 2.05) is 0 Å². The fourth-order valence-corrected chi connectivity index (χ4v) is 1.99. The summed E-state index contributed by atoms with van der Waals surface area (Å²) in [6.45, 7) is 0.100. The van der Waals surface area contributed by atoms with Crippen molar-refractivity contribution in [2.24, 2.45) is 0 Å². The van der Waals surface area contributed by atoms with Crippen molar-refractivity contribution in [3.05, 3.63) is 35.4 Å². The van der Waals surface area contributed by atoms with Crippen molar-refractivity contribution in [2.75, 3.05) is 18.1 Å². The number of hydrogen-bond donors (Lipinski definition) is 2. The van der Waals surface area contributed by atoms with Gasteiger partial charge >= 0.3 is 12.1 Å². The van der Waals surface area contributed by atoms with Gasteiger partial charge in [-0.05, 0) is 12.1 Å². The Bertz CT molecular complexity index is 491. The van der Waals surface area contributed by atoms with Crippen molar-refractivity contribution in [3.8, 4) is 0 Å². The number of carboxylic acid groups (broad SMARTS) is 1. The van der Waals surface area contributed by atoms with Crippen molar-refractivity contribution < 1.29 is 27.9 Å². The first kappa shape index (κ1) is 16.4. The maximum atomic E-state index is 12.7. The molecule has 0 fully saturated rings. The molecule has 0 atom stereocenters. The number of rotatable bonds is 6. The van der Waals surface area contributed by atoms with Gasteiger partial charge in [-0.1, -0.05) is 12.1 Å². The second-order valence-corrected chi connectivity index (χ2v) is 4.85. The molecule has 4 nitrogen and oxygen atoms in total. The number of hydrogen-bond acceptors (Lipinski definition) is 3. The topological polar surface area (TPSA) is 66.4 Å². The molecular formula is C12H12F3NO3S. The van der Waals surface area contributed by atoms with Gasteiger partial charge in [0, 0.05) is 12.3 Å². The van der Waals surface area contributed by atoms with Gasteiger partial charge in [-0.15, -0.1) is 11.8 Å². The summed E-state index contributed by atoms with van der Waals surface area (Å²) in [5.74, 6) is -1.61. The molecule has 8 heteroatoms. The van der Waals surface area contributed by atoms with Crippen LogP contribution in [0.2, 0.25) is 0 Å². The van der Waals surface area contributed by atoms with E-state index in [-0.39, 0.29) is 12.3 Å². The van der Waals surface area contributed by atoms with E-state index in [0.717, 1.165) is 23.9 Å². The van der Waals surface area contributed by atoms with Crippen LogP contribution in [0, 0.1) is 0 Å². The van der Waals surface area contributed by atoms with E-state index in [2.05, 4.69) is 5.32 Å². The number of nitrogens with one attached hydrogen (secondary N) is 1. The monoisotopic (exact) mass is 307 g/mol. The molecule has 0 saturated heterocycles. The number of aliphatic carboxylic acids is 1. The fraction of sp³-hybridized carbons (Fsp3) is 0.333. The third kappa shape index (κ3) is 5.12. The van der Waals surface area contributed by atoms with Crippen LogP contribution < -0.4 is 5.32 Å². The van der Waals surface area contributed by atoms with E-state index in [4.69, 9.17) is 5.11 Å². The number of carbonyl (C=O) groups excluding carboxylic acids is 1. The summed E-state index contributed by atoms with van der Waals surface area (Å²) in [4.78, 5) is 21.9. The standard InChI is InChI=1S/C12H12F3NO3S/c13-12(14,15)9-4-2-1-3-8(9)11(19)16-5-6-20-7-10(17)18/h1-4H,5-7H2,(H,16,19)(H,17,18). The Balaban J connectivity index is 2.58. The molecule has 0 aromatic heterocycles. The van der Waals surface area contributed by atoms with Gasteiger partial charge in [-0.25, -0.2) is 0 Å². The Labute approximate surface area is 117 Å². The third-order valence-electron chi connectivity index (χ3n) is 2.23. The van der Waals surface area contributed by atoms with Crippen molar-refractivity contribution >= 4 is 23.6 Å². The van der Waals surface area contributed by atoms with Crippen molar-refractivity contribution in [2.45, 2.75) is 6.18 Å². The van der Waals surface area contributed by atoms with Gasteiger partial charge in [0.05, 0.1) is 16.9 Å². The fourth-order valence-electron chi connectivity index (χ4n) is 1.42. The van der Waals surface area contributed by atoms with Crippen LogP contribution in [0.3, 0.4) is 0 Å². The number of thioether (sulfide) groups is 1. The number of carboxylic acids is 1. The highest BCUT2D eigenvalue weighted by molar-refractivity contribution is 7.99. The molecule has 110 valence electrons. The molecule has 0 aliphatic rings. The SMILES string of the molecule is O=C(O)CSCCNC(=O)c1ccccc1C(F)(F)F. The van der Waals surface area contributed by atoms with Crippen molar-refractivity contribution in [1.82, 2.24) is 5.32 Å². The Morgan fingerprint density at radius 3 is 2.50 bits per heavy atom. The lowest BCUT2D eigenvalue weighted by Gasteiger charge is -2.12. The molecule has 0 aliphatic heterocycles. The van der Waals surface area contributed by atoms with E-state index >= 15 is 0 Å². The number of halogens is 3. The van der Waals surface area contributed by atoms with Gasteiger partial charge in [0.25, 0.3) is 5.91 Å². The van der Waals surface area contributed by atoms with E-state index in [1.54, 1.807) is 0 Å². The van der Waals surface area contributed by atoms with Crippen molar-refractivity contribution in [3.63, 3.8) is 0 Å². The second kappa shape index (κ2) is 7.18. The maximum Gasteiger partial charge on any atom is 0.417 e. The minimum absolute atomic E-state index is 0.100. The zero-order valence-corrected chi connectivity index (χ0v) is 11.1. The third-order valence-corrected chi connectivity index (χ3v) is 3.18. The van der Waals surface area contributed by atoms with Crippen LogP contribution in [-0.4, -0.2) is 35.0 Å². The summed E-state index contributed by atoms with van der Waals surface area (Å²) < 4.78 is 38.1. The molecule has 2 N–H and O–H groups in total. The van der Waals surface area contributed by atoms with Crippen LogP contribution in [0.1, 0.15) is 15.9 Å². The van der Waals surface area contributed by atoms with Crippen LogP contribution in [-0.2, 0) is 11.0 Å². The normalized spacial score (nSPS) is 11.2. The first-order chi connectivity index (χ1) is 9.32. The largest absolute Gasteiger partial charge is 0.481 e. The highest BCUT2D eigenvalue weighted by Gasteiger charge is 2.34. The van der Waals surface area contributed by atoms with Crippen LogP contribution >= 0.6 is 11.8 Å². The number of benzene rings is 1. The Morgan fingerprint density at radius 2 is 1.90 bits per heavy atom. The van der Waals surface area contributed by atoms with Crippen LogP contribution in [0.25, 0.3) is 0 Å². The highest BCUT2D eigenvalue weighted by atomic mass is 32.2. The van der Waals surface area contributed by atoms with E-state index in [1.165, 1.54) is 12.1 Å². The van der Waals surface area contributed by atoms with Crippen LogP contribution in [0.15, 0.2) is 24.3 Å². The quantitative estimate of drug-likeness (QED) is 0.791. The van der Waals surface area contributed by atoms with Gasteiger partial charge in [-0.3, -0.25) is 9.59 Å². The van der Waals surface area contributed by atoms with Crippen LogP contribution in [0.5, 0.6) is 0 Å². The predicted octanol–water partition coefficient (Wildman–Crippen LogP) is 2.25. The molecule has 0 saturated carbocycles. The molecule has 1 aromatic carbocycles. The van der Waals surface area contributed by atoms with Gasteiger partial charge in [0.15, 0.2) is 0 Å². The summed E-state index contributed by atoms with van der Waals surface area (Å²) >= 11 is 1.07. The van der Waals surface area contributed by atoms with Gasteiger partial charge in [0.1, 0.15) is 0 Å². The summed E-state index contributed by atoms with van der Waals surface area (Å²) in [5, 5.41) is 10.7. The lowest BCUT2D eigenvalue weighted by Crippen LogP contribution is -2.28. The van der Waals surface area contributed by atoms with Crippen LogP contribution in [0.4, 0.5) is 13.2 Å². The molecule has 0 radical (unpaired) electrons. The summed E-state index contributed by atoms with van der Waals surface area (Å²) in [5.41, 5.74) is -1.43. The molecule has 0 aliphatic carbocycles. The van der Waals surface area contributed by atoms with Gasteiger partial charge in [-0.2, -0.15) is 13.2 Å². The van der Waals surface area contributed by atoms with E-state index < -0.39 is 29.2 Å².